The molecule has 1 aromatic heterocycles. The lowest BCUT2D eigenvalue weighted by molar-refractivity contribution is -0.385. The van der Waals surface area contributed by atoms with Crippen molar-refractivity contribution < 1.29 is 14.4 Å². The third-order valence-corrected chi connectivity index (χ3v) is 3.50. The number of hydrogen-bond donors (Lipinski definition) is 1. The Bertz CT molecular complexity index is 840. The van der Waals surface area contributed by atoms with E-state index in [1.165, 1.54) is 37.2 Å². The van der Waals surface area contributed by atoms with Crippen LogP contribution < -0.4 is 9.47 Å². The fraction of sp³-hybridized carbons (Fsp3) is 0.357. The van der Waals surface area contributed by atoms with Gasteiger partial charge in [0.1, 0.15) is 5.75 Å². The molecule has 9 nitrogen and oxygen atoms in total. The van der Waals surface area contributed by atoms with Crippen LogP contribution in [0, 0.1) is 14.9 Å². The van der Waals surface area contributed by atoms with Crippen LogP contribution in [0.25, 0.3) is 0 Å². The molecule has 0 saturated heterocycles. The molecule has 0 amide bonds. The number of nitro groups is 1. The molecule has 1 N–H and O–H groups in total. The van der Waals surface area contributed by atoms with Gasteiger partial charge in [-0.1, -0.05) is 13.8 Å². The lowest BCUT2D eigenvalue weighted by Crippen LogP contribution is -2.02. The average molecular weight is 351 g/mol. The molecule has 0 aliphatic rings. The van der Waals surface area contributed by atoms with Crippen molar-refractivity contribution >= 4 is 24.1 Å². The number of aromatic amines is 1. The molecule has 0 atom stereocenters. The monoisotopic (exact) mass is 351 g/mol. The van der Waals surface area contributed by atoms with E-state index in [0.29, 0.717) is 21.9 Å². The number of aromatic nitrogens is 3. The molecule has 2 rings (SSSR count). The fourth-order valence-corrected chi connectivity index (χ4v) is 2.25. The molecule has 0 radical (unpaired) electrons. The van der Waals surface area contributed by atoms with Gasteiger partial charge in [0.25, 0.3) is 0 Å². The Morgan fingerprint density at radius 1 is 1.38 bits per heavy atom. The molecular weight excluding hydrogens is 334 g/mol. The van der Waals surface area contributed by atoms with E-state index < -0.39 is 4.92 Å². The Balaban J connectivity index is 2.53. The molecule has 0 bridgehead atoms. The van der Waals surface area contributed by atoms with Crippen molar-refractivity contribution in [2.75, 3.05) is 14.2 Å². The smallest absolute Gasteiger partial charge is 0.311 e. The summed E-state index contributed by atoms with van der Waals surface area (Å²) in [6, 6.07) is 2.78. The molecule has 128 valence electrons. The minimum atomic E-state index is -0.529. The van der Waals surface area contributed by atoms with Crippen molar-refractivity contribution in [1.29, 1.82) is 0 Å². The van der Waals surface area contributed by atoms with Crippen molar-refractivity contribution in [3.63, 3.8) is 0 Å². The van der Waals surface area contributed by atoms with E-state index in [1.54, 1.807) is 0 Å². The summed E-state index contributed by atoms with van der Waals surface area (Å²) in [5.74, 6) is 1.25. The average Bonchev–Trinajstić information content (AvgIpc) is 2.92. The van der Waals surface area contributed by atoms with Gasteiger partial charge in [-0.3, -0.25) is 15.2 Å². The number of hydrogen-bond acceptors (Lipinski definition) is 7. The van der Waals surface area contributed by atoms with Crippen LogP contribution in [0.5, 0.6) is 11.5 Å². The third-order valence-electron chi connectivity index (χ3n) is 3.23. The van der Waals surface area contributed by atoms with Crippen LogP contribution in [0.2, 0.25) is 0 Å². The standard InChI is InChI=1S/C14H17N5O4S/c1-8(2)13-16-17-14(24)18(13)15-7-9-5-10(19(20)21)12(23-4)6-11(9)22-3/h5-8H,1-4H3,(H,17,24)/b15-7-. The first-order chi connectivity index (χ1) is 11.4. The van der Waals surface area contributed by atoms with Gasteiger partial charge in [-0.25, -0.2) is 0 Å². The fourth-order valence-electron chi connectivity index (χ4n) is 2.06. The highest BCUT2D eigenvalue weighted by molar-refractivity contribution is 7.71. The Morgan fingerprint density at radius 2 is 2.04 bits per heavy atom. The summed E-state index contributed by atoms with van der Waals surface area (Å²) in [6.45, 7) is 3.91. The van der Waals surface area contributed by atoms with E-state index in [4.69, 9.17) is 21.7 Å². The van der Waals surface area contributed by atoms with Crippen molar-refractivity contribution in [3.8, 4) is 11.5 Å². The summed E-state index contributed by atoms with van der Waals surface area (Å²) in [5, 5.41) is 22.2. The molecule has 0 spiro atoms. The van der Waals surface area contributed by atoms with Crippen LogP contribution in [0.3, 0.4) is 0 Å². The van der Waals surface area contributed by atoms with Gasteiger partial charge in [-0.2, -0.15) is 14.9 Å². The van der Waals surface area contributed by atoms with Crippen molar-refractivity contribution in [2.45, 2.75) is 19.8 Å². The summed E-state index contributed by atoms with van der Waals surface area (Å²) in [5.41, 5.74) is 0.238. The van der Waals surface area contributed by atoms with Crippen molar-refractivity contribution in [3.05, 3.63) is 38.4 Å². The largest absolute Gasteiger partial charge is 0.496 e. The lowest BCUT2D eigenvalue weighted by atomic mass is 10.1. The highest BCUT2D eigenvalue weighted by Crippen LogP contribution is 2.33. The molecule has 1 aromatic carbocycles. The molecule has 10 heteroatoms. The van der Waals surface area contributed by atoms with Gasteiger partial charge >= 0.3 is 5.69 Å². The molecular formula is C14H17N5O4S. The summed E-state index contributed by atoms with van der Waals surface area (Å²) < 4.78 is 12.1. The van der Waals surface area contributed by atoms with Crippen molar-refractivity contribution in [2.24, 2.45) is 5.10 Å². The van der Waals surface area contributed by atoms with E-state index in [1.807, 2.05) is 13.8 Å². The Labute approximate surface area is 143 Å². The lowest BCUT2D eigenvalue weighted by Gasteiger charge is -2.08. The highest BCUT2D eigenvalue weighted by atomic mass is 32.1. The number of nitrogens with one attached hydrogen (secondary N) is 1. The Kier molecular flexibility index (Phi) is 5.29. The van der Waals surface area contributed by atoms with Gasteiger partial charge in [0, 0.05) is 23.6 Å². The first-order valence-corrected chi connectivity index (χ1v) is 7.42. The zero-order valence-corrected chi connectivity index (χ0v) is 14.5. The maximum atomic E-state index is 11.2. The molecule has 0 unspecified atom stereocenters. The zero-order valence-electron chi connectivity index (χ0n) is 13.6. The Morgan fingerprint density at radius 3 is 2.58 bits per heavy atom. The molecule has 1 heterocycles. The second-order valence-electron chi connectivity index (χ2n) is 5.12. The third kappa shape index (κ3) is 3.43. The maximum Gasteiger partial charge on any atom is 0.311 e. The van der Waals surface area contributed by atoms with Gasteiger partial charge in [-0.15, -0.1) is 0 Å². The number of methoxy groups -OCH3 is 2. The number of nitro benzene ring substituents is 1. The maximum absolute atomic E-state index is 11.2. The molecule has 24 heavy (non-hydrogen) atoms. The number of nitrogens with zero attached hydrogens (tertiary/aromatic N) is 4. The Hall–Kier alpha value is -2.75. The summed E-state index contributed by atoms with van der Waals surface area (Å²) in [6.07, 6.45) is 1.43. The molecule has 0 fully saturated rings. The number of benzene rings is 1. The second kappa shape index (κ2) is 7.21. The van der Waals surface area contributed by atoms with Gasteiger partial charge < -0.3 is 9.47 Å². The zero-order chi connectivity index (χ0) is 17.9. The van der Waals surface area contributed by atoms with E-state index in [0.717, 1.165) is 0 Å². The van der Waals surface area contributed by atoms with Crippen LogP contribution in [-0.2, 0) is 0 Å². The molecule has 0 aliphatic carbocycles. The normalized spacial score (nSPS) is 11.2. The van der Waals surface area contributed by atoms with Crippen molar-refractivity contribution in [1.82, 2.24) is 14.9 Å². The van der Waals surface area contributed by atoms with Gasteiger partial charge in [0.15, 0.2) is 5.82 Å². The first-order valence-electron chi connectivity index (χ1n) is 7.01. The van der Waals surface area contributed by atoms with E-state index in [-0.39, 0.29) is 17.4 Å². The van der Waals surface area contributed by atoms with E-state index >= 15 is 0 Å². The first kappa shape index (κ1) is 17.6. The van der Waals surface area contributed by atoms with Gasteiger partial charge in [0.05, 0.1) is 25.4 Å². The van der Waals surface area contributed by atoms with Gasteiger partial charge in [0.2, 0.25) is 10.5 Å². The minimum absolute atomic E-state index is 0.0993. The van der Waals surface area contributed by atoms with Crippen LogP contribution >= 0.6 is 12.2 Å². The van der Waals surface area contributed by atoms with Gasteiger partial charge in [-0.05, 0) is 12.2 Å². The van der Waals surface area contributed by atoms with Crippen LogP contribution in [-0.4, -0.2) is 40.2 Å². The quantitative estimate of drug-likeness (QED) is 0.371. The number of rotatable bonds is 6. The summed E-state index contributed by atoms with van der Waals surface area (Å²) in [7, 11) is 2.82. The van der Waals surface area contributed by atoms with E-state index in [2.05, 4.69) is 15.3 Å². The number of H-pyrrole nitrogens is 1. The predicted octanol–water partition coefficient (Wildman–Crippen LogP) is 2.87. The summed E-state index contributed by atoms with van der Waals surface area (Å²) in [4.78, 5) is 10.6. The van der Waals surface area contributed by atoms with E-state index in [9.17, 15) is 10.1 Å². The predicted molar refractivity (Wildman–Crippen MR) is 90.7 cm³/mol. The minimum Gasteiger partial charge on any atom is -0.496 e. The molecule has 0 saturated carbocycles. The van der Waals surface area contributed by atoms with Crippen LogP contribution in [0.4, 0.5) is 5.69 Å². The van der Waals surface area contributed by atoms with Crippen LogP contribution in [0.1, 0.15) is 31.2 Å². The number of ether oxygens (including phenoxy) is 2. The summed E-state index contributed by atoms with van der Waals surface area (Å²) >= 11 is 5.15. The molecule has 0 aliphatic heterocycles. The SMILES string of the molecule is COc1cc(OC)c([N+](=O)[O-])cc1/C=N\n1c(C(C)C)n[nH]c1=S. The molecule has 2 aromatic rings. The second-order valence-corrected chi connectivity index (χ2v) is 5.51. The topological polar surface area (TPSA) is 108 Å². The van der Waals surface area contributed by atoms with Crippen LogP contribution in [0.15, 0.2) is 17.2 Å². The highest BCUT2D eigenvalue weighted by Gasteiger charge is 2.19.